The Morgan fingerprint density at radius 2 is 1.79 bits per heavy atom. The standard InChI is InChI=1S/C14H20F3N3O3S/c1-9-5-11(24(22,23)20(3)4)6-12(10(9)2)18-7-13(21)19-8-14(15,16)17/h5-6,18H,7-8H2,1-4H3,(H,19,21). The largest absolute Gasteiger partial charge is 0.405 e. The lowest BCUT2D eigenvalue weighted by atomic mass is 10.1. The lowest BCUT2D eigenvalue weighted by Gasteiger charge is -2.17. The van der Waals surface area contributed by atoms with Gasteiger partial charge in [-0.25, -0.2) is 12.7 Å². The van der Waals surface area contributed by atoms with Gasteiger partial charge < -0.3 is 10.6 Å². The van der Waals surface area contributed by atoms with E-state index in [9.17, 15) is 26.4 Å². The Morgan fingerprint density at radius 1 is 1.21 bits per heavy atom. The van der Waals surface area contributed by atoms with E-state index >= 15 is 0 Å². The van der Waals surface area contributed by atoms with E-state index < -0.39 is 35.2 Å². The van der Waals surface area contributed by atoms with Crippen LogP contribution in [-0.4, -0.2) is 52.0 Å². The highest BCUT2D eigenvalue weighted by molar-refractivity contribution is 7.89. The Labute approximate surface area is 139 Å². The van der Waals surface area contributed by atoms with Gasteiger partial charge in [0.25, 0.3) is 0 Å². The van der Waals surface area contributed by atoms with Crippen molar-refractivity contribution >= 4 is 21.6 Å². The molecule has 1 rings (SSSR count). The molecule has 0 aliphatic rings. The van der Waals surface area contributed by atoms with Gasteiger partial charge in [-0.1, -0.05) is 0 Å². The van der Waals surface area contributed by atoms with Crippen LogP contribution in [0.15, 0.2) is 17.0 Å². The van der Waals surface area contributed by atoms with Gasteiger partial charge in [-0.05, 0) is 37.1 Å². The zero-order valence-corrected chi connectivity index (χ0v) is 14.6. The molecule has 0 aliphatic carbocycles. The fraction of sp³-hybridized carbons (Fsp3) is 0.500. The van der Waals surface area contributed by atoms with E-state index in [2.05, 4.69) is 5.32 Å². The molecule has 1 amide bonds. The number of carbonyl (C=O) groups excluding carboxylic acids is 1. The number of hydrogen-bond donors (Lipinski definition) is 2. The van der Waals surface area contributed by atoms with Crippen molar-refractivity contribution in [3.8, 4) is 0 Å². The second-order valence-electron chi connectivity index (χ2n) is 5.45. The zero-order chi connectivity index (χ0) is 18.7. The van der Waals surface area contributed by atoms with E-state index in [0.29, 0.717) is 16.8 Å². The molecule has 2 N–H and O–H groups in total. The second-order valence-corrected chi connectivity index (χ2v) is 7.60. The maximum absolute atomic E-state index is 12.2. The molecule has 136 valence electrons. The van der Waals surface area contributed by atoms with E-state index in [1.807, 2.05) is 0 Å². The van der Waals surface area contributed by atoms with Crippen LogP contribution < -0.4 is 10.6 Å². The summed E-state index contributed by atoms with van der Waals surface area (Å²) in [5, 5.41) is 4.42. The fourth-order valence-electron chi connectivity index (χ4n) is 1.81. The number of halogens is 3. The number of sulfonamides is 1. The van der Waals surface area contributed by atoms with E-state index in [1.165, 1.54) is 26.2 Å². The molecular weight excluding hydrogens is 347 g/mol. The Balaban J connectivity index is 2.93. The van der Waals surface area contributed by atoms with E-state index in [0.717, 1.165) is 4.31 Å². The maximum Gasteiger partial charge on any atom is 0.405 e. The summed E-state index contributed by atoms with van der Waals surface area (Å²) in [6.07, 6.45) is -4.48. The summed E-state index contributed by atoms with van der Waals surface area (Å²) in [7, 11) is -0.881. The third-order valence-electron chi connectivity index (χ3n) is 3.34. The quantitative estimate of drug-likeness (QED) is 0.801. The van der Waals surface area contributed by atoms with Gasteiger partial charge in [0.15, 0.2) is 0 Å². The molecule has 0 bridgehead atoms. The first-order chi connectivity index (χ1) is 10.8. The first-order valence-electron chi connectivity index (χ1n) is 6.95. The van der Waals surface area contributed by atoms with Gasteiger partial charge >= 0.3 is 6.18 Å². The highest BCUT2D eigenvalue weighted by atomic mass is 32.2. The smallest absolute Gasteiger partial charge is 0.376 e. The number of rotatable bonds is 6. The molecule has 0 saturated heterocycles. The molecule has 0 fully saturated rings. The predicted molar refractivity (Wildman–Crippen MR) is 84.3 cm³/mol. The second kappa shape index (κ2) is 7.39. The molecule has 10 heteroatoms. The number of amides is 1. The maximum atomic E-state index is 12.2. The Bertz CT molecular complexity index is 716. The fourth-order valence-corrected chi connectivity index (χ4v) is 2.82. The van der Waals surface area contributed by atoms with Crippen molar-refractivity contribution < 1.29 is 26.4 Å². The molecule has 0 unspecified atom stereocenters. The first kappa shape index (κ1) is 20.2. The van der Waals surface area contributed by atoms with Crippen molar-refractivity contribution in [3.63, 3.8) is 0 Å². The van der Waals surface area contributed by atoms with Gasteiger partial charge in [0.2, 0.25) is 15.9 Å². The minimum absolute atomic E-state index is 0.0359. The van der Waals surface area contributed by atoms with E-state index in [-0.39, 0.29) is 4.90 Å². The SMILES string of the molecule is Cc1cc(S(=O)(=O)N(C)C)cc(NCC(=O)NCC(F)(F)F)c1C. The molecule has 24 heavy (non-hydrogen) atoms. The van der Waals surface area contributed by atoms with Crippen LogP contribution in [0.25, 0.3) is 0 Å². The van der Waals surface area contributed by atoms with Crippen molar-refractivity contribution in [1.82, 2.24) is 9.62 Å². The number of benzene rings is 1. The lowest BCUT2D eigenvalue weighted by Crippen LogP contribution is -2.37. The normalized spacial score (nSPS) is 12.3. The summed E-state index contributed by atoms with van der Waals surface area (Å²) in [5.74, 6) is -0.842. The van der Waals surface area contributed by atoms with Crippen LogP contribution in [0.4, 0.5) is 18.9 Å². The molecule has 0 heterocycles. The van der Waals surface area contributed by atoms with E-state index in [1.54, 1.807) is 19.2 Å². The molecule has 0 radical (unpaired) electrons. The average Bonchev–Trinajstić information content (AvgIpc) is 2.45. The molecule has 0 aliphatic heterocycles. The highest BCUT2D eigenvalue weighted by Gasteiger charge is 2.27. The van der Waals surface area contributed by atoms with Crippen molar-refractivity contribution in [2.24, 2.45) is 0 Å². The van der Waals surface area contributed by atoms with Gasteiger partial charge in [-0.3, -0.25) is 4.79 Å². The molecule has 6 nitrogen and oxygen atoms in total. The van der Waals surface area contributed by atoms with Gasteiger partial charge in [-0.2, -0.15) is 13.2 Å². The van der Waals surface area contributed by atoms with Crippen molar-refractivity contribution in [2.45, 2.75) is 24.9 Å². The van der Waals surface area contributed by atoms with Crippen molar-refractivity contribution in [1.29, 1.82) is 0 Å². The Kier molecular flexibility index (Phi) is 6.23. The summed E-state index contributed by atoms with van der Waals surface area (Å²) in [6.45, 7) is 1.61. The molecule has 0 spiro atoms. The average molecular weight is 367 g/mol. The number of anilines is 1. The van der Waals surface area contributed by atoms with Gasteiger partial charge in [0.05, 0.1) is 11.4 Å². The third-order valence-corrected chi connectivity index (χ3v) is 5.14. The van der Waals surface area contributed by atoms with Crippen LogP contribution in [0.3, 0.4) is 0 Å². The van der Waals surface area contributed by atoms with Gasteiger partial charge in [0.1, 0.15) is 6.54 Å². The van der Waals surface area contributed by atoms with Crippen LogP contribution in [0.2, 0.25) is 0 Å². The van der Waals surface area contributed by atoms with Crippen LogP contribution >= 0.6 is 0 Å². The Hall–Kier alpha value is -1.81. The molecule has 1 aromatic carbocycles. The number of nitrogens with one attached hydrogen (secondary N) is 2. The van der Waals surface area contributed by atoms with Gasteiger partial charge in [-0.15, -0.1) is 0 Å². The number of alkyl halides is 3. The minimum Gasteiger partial charge on any atom is -0.376 e. The van der Waals surface area contributed by atoms with Crippen LogP contribution in [0.5, 0.6) is 0 Å². The summed E-state index contributed by atoms with van der Waals surface area (Å²) in [6, 6.07) is 2.86. The number of aryl methyl sites for hydroxylation is 1. The lowest BCUT2D eigenvalue weighted by molar-refractivity contribution is -0.137. The van der Waals surface area contributed by atoms with Crippen LogP contribution in [-0.2, 0) is 14.8 Å². The summed E-state index contributed by atoms with van der Waals surface area (Å²) in [4.78, 5) is 11.5. The van der Waals surface area contributed by atoms with E-state index in [4.69, 9.17) is 0 Å². The van der Waals surface area contributed by atoms with Crippen molar-refractivity contribution in [2.75, 3.05) is 32.5 Å². The predicted octanol–water partition coefficient (Wildman–Crippen LogP) is 1.64. The molecular formula is C14H20F3N3O3S. The number of nitrogens with zero attached hydrogens (tertiary/aromatic N) is 1. The zero-order valence-electron chi connectivity index (χ0n) is 13.8. The Morgan fingerprint density at radius 3 is 2.29 bits per heavy atom. The first-order valence-corrected chi connectivity index (χ1v) is 8.39. The molecule has 1 aromatic rings. The monoisotopic (exact) mass is 367 g/mol. The van der Waals surface area contributed by atoms with Gasteiger partial charge in [0, 0.05) is 19.8 Å². The molecule has 0 atom stereocenters. The molecule has 0 aromatic heterocycles. The highest BCUT2D eigenvalue weighted by Crippen LogP contribution is 2.25. The summed E-state index contributed by atoms with van der Waals surface area (Å²) in [5.41, 5.74) is 1.75. The number of carbonyl (C=O) groups is 1. The third kappa shape index (κ3) is 5.38. The van der Waals surface area contributed by atoms with Crippen LogP contribution in [0.1, 0.15) is 11.1 Å². The minimum atomic E-state index is -4.48. The van der Waals surface area contributed by atoms with Crippen LogP contribution in [0, 0.1) is 13.8 Å². The topological polar surface area (TPSA) is 78.5 Å². The molecule has 0 saturated carbocycles. The van der Waals surface area contributed by atoms with Crippen molar-refractivity contribution in [3.05, 3.63) is 23.3 Å². The number of hydrogen-bond acceptors (Lipinski definition) is 4. The summed E-state index contributed by atoms with van der Waals surface area (Å²) < 4.78 is 61.6. The summed E-state index contributed by atoms with van der Waals surface area (Å²) >= 11 is 0.